The Balaban J connectivity index is 2.00. The zero-order valence-corrected chi connectivity index (χ0v) is 10.3. The smallest absolute Gasteiger partial charge is 0.261 e. The molecule has 0 aromatic heterocycles. The number of benzene rings is 1. The van der Waals surface area contributed by atoms with E-state index in [1.165, 1.54) is 4.90 Å². The fourth-order valence-corrected chi connectivity index (χ4v) is 2.79. The Morgan fingerprint density at radius 1 is 1.17 bits per heavy atom. The maximum absolute atomic E-state index is 12.3. The van der Waals surface area contributed by atoms with E-state index in [4.69, 9.17) is 5.73 Å². The second kappa shape index (κ2) is 3.92. The maximum atomic E-state index is 12.3. The van der Waals surface area contributed by atoms with Crippen molar-refractivity contribution in [3.05, 3.63) is 35.4 Å². The highest BCUT2D eigenvalue weighted by atomic mass is 16.2. The van der Waals surface area contributed by atoms with E-state index in [9.17, 15) is 9.59 Å². The molecule has 1 saturated carbocycles. The molecule has 0 spiro atoms. The van der Waals surface area contributed by atoms with Gasteiger partial charge in [-0.25, -0.2) is 0 Å². The average molecular weight is 244 g/mol. The van der Waals surface area contributed by atoms with Crippen LogP contribution in [-0.2, 0) is 0 Å². The van der Waals surface area contributed by atoms with Crippen molar-refractivity contribution < 1.29 is 9.59 Å². The largest absolute Gasteiger partial charge is 0.326 e. The monoisotopic (exact) mass is 244 g/mol. The van der Waals surface area contributed by atoms with Crippen LogP contribution in [0, 0.1) is 5.92 Å². The lowest BCUT2D eigenvalue weighted by molar-refractivity contribution is 0.0542. The van der Waals surface area contributed by atoms with Crippen molar-refractivity contribution in [2.45, 2.75) is 31.8 Å². The van der Waals surface area contributed by atoms with E-state index in [1.807, 2.05) is 6.92 Å². The van der Waals surface area contributed by atoms with E-state index in [2.05, 4.69) is 0 Å². The molecule has 0 radical (unpaired) electrons. The Labute approximate surface area is 106 Å². The Hall–Kier alpha value is -1.68. The first-order valence-electron chi connectivity index (χ1n) is 6.33. The van der Waals surface area contributed by atoms with Crippen molar-refractivity contribution in [2.24, 2.45) is 11.7 Å². The molecule has 1 aromatic carbocycles. The predicted octanol–water partition coefficient (Wildman–Crippen LogP) is 1.41. The van der Waals surface area contributed by atoms with Gasteiger partial charge in [-0.1, -0.05) is 12.1 Å². The second-order valence-electron chi connectivity index (χ2n) is 5.21. The number of imide groups is 1. The number of nitrogens with two attached hydrogens (primary N) is 1. The standard InChI is InChI=1S/C14H16N2O2/c1-8(15)12(9-6-7-9)16-13(17)10-4-2-3-5-11(10)14(16)18/h2-5,8-9,12H,6-7,15H2,1H3/t8-,12?/m1/s1. The van der Waals surface area contributed by atoms with Crippen molar-refractivity contribution in [2.75, 3.05) is 0 Å². The van der Waals surface area contributed by atoms with Crippen LogP contribution in [0.25, 0.3) is 0 Å². The predicted molar refractivity (Wildman–Crippen MR) is 67.1 cm³/mol. The van der Waals surface area contributed by atoms with E-state index in [0.29, 0.717) is 17.0 Å². The van der Waals surface area contributed by atoms with Gasteiger partial charge in [0.2, 0.25) is 0 Å². The molecular weight excluding hydrogens is 228 g/mol. The summed E-state index contributed by atoms with van der Waals surface area (Å²) in [6, 6.07) is 6.65. The summed E-state index contributed by atoms with van der Waals surface area (Å²) < 4.78 is 0. The molecule has 1 aliphatic carbocycles. The Kier molecular flexibility index (Phi) is 2.48. The van der Waals surface area contributed by atoms with Crippen LogP contribution in [0.4, 0.5) is 0 Å². The van der Waals surface area contributed by atoms with Gasteiger partial charge in [0.25, 0.3) is 11.8 Å². The third kappa shape index (κ3) is 1.56. The minimum Gasteiger partial charge on any atom is -0.326 e. The molecule has 2 amide bonds. The van der Waals surface area contributed by atoms with Gasteiger partial charge in [-0.15, -0.1) is 0 Å². The molecule has 1 aromatic rings. The normalized spacial score (nSPS) is 22.0. The second-order valence-corrected chi connectivity index (χ2v) is 5.21. The average Bonchev–Trinajstić information content (AvgIpc) is 3.14. The van der Waals surface area contributed by atoms with Gasteiger partial charge in [0.05, 0.1) is 17.2 Å². The van der Waals surface area contributed by atoms with E-state index in [1.54, 1.807) is 24.3 Å². The van der Waals surface area contributed by atoms with Gasteiger partial charge in [-0.3, -0.25) is 14.5 Å². The van der Waals surface area contributed by atoms with Crippen LogP contribution in [-0.4, -0.2) is 28.8 Å². The van der Waals surface area contributed by atoms with E-state index in [0.717, 1.165) is 12.8 Å². The van der Waals surface area contributed by atoms with Crippen molar-refractivity contribution in [1.29, 1.82) is 0 Å². The molecule has 1 aliphatic heterocycles. The zero-order chi connectivity index (χ0) is 12.9. The van der Waals surface area contributed by atoms with Crippen LogP contribution < -0.4 is 5.73 Å². The fourth-order valence-electron chi connectivity index (χ4n) is 2.79. The van der Waals surface area contributed by atoms with Crippen molar-refractivity contribution in [1.82, 2.24) is 4.90 Å². The summed E-state index contributed by atoms with van der Waals surface area (Å²) in [4.78, 5) is 26.1. The third-order valence-corrected chi connectivity index (χ3v) is 3.77. The molecule has 1 unspecified atom stereocenters. The van der Waals surface area contributed by atoms with Crippen molar-refractivity contribution >= 4 is 11.8 Å². The number of hydrogen-bond donors (Lipinski definition) is 1. The Morgan fingerprint density at radius 3 is 2.06 bits per heavy atom. The minimum absolute atomic E-state index is 0.155. The first-order chi connectivity index (χ1) is 8.61. The van der Waals surface area contributed by atoms with Crippen LogP contribution >= 0.6 is 0 Å². The van der Waals surface area contributed by atoms with Crippen LogP contribution in [0.15, 0.2) is 24.3 Å². The molecular formula is C14H16N2O2. The van der Waals surface area contributed by atoms with Gasteiger partial charge >= 0.3 is 0 Å². The van der Waals surface area contributed by atoms with E-state index >= 15 is 0 Å². The number of carbonyl (C=O) groups is 2. The molecule has 2 N–H and O–H groups in total. The molecule has 0 saturated heterocycles. The number of fused-ring (bicyclic) bond motifs is 1. The lowest BCUT2D eigenvalue weighted by atomic mass is 10.0. The maximum Gasteiger partial charge on any atom is 0.261 e. The van der Waals surface area contributed by atoms with Gasteiger partial charge in [0, 0.05) is 6.04 Å². The molecule has 2 aliphatic rings. The summed E-state index contributed by atoms with van der Waals surface area (Å²) in [5, 5.41) is 0. The van der Waals surface area contributed by atoms with Gasteiger partial charge < -0.3 is 5.73 Å². The summed E-state index contributed by atoms with van der Waals surface area (Å²) >= 11 is 0. The molecule has 3 rings (SSSR count). The van der Waals surface area contributed by atoms with Gasteiger partial charge in [0.1, 0.15) is 0 Å². The van der Waals surface area contributed by atoms with Gasteiger partial charge in [-0.05, 0) is 37.8 Å². The molecule has 4 nitrogen and oxygen atoms in total. The fraction of sp³-hybridized carbons (Fsp3) is 0.429. The molecule has 1 fully saturated rings. The lowest BCUT2D eigenvalue weighted by Crippen LogP contribution is -2.50. The topological polar surface area (TPSA) is 63.4 Å². The highest BCUT2D eigenvalue weighted by Gasteiger charge is 2.46. The molecule has 2 atom stereocenters. The highest BCUT2D eigenvalue weighted by molar-refractivity contribution is 6.21. The zero-order valence-electron chi connectivity index (χ0n) is 10.3. The quantitative estimate of drug-likeness (QED) is 0.818. The molecule has 94 valence electrons. The molecule has 1 heterocycles. The third-order valence-electron chi connectivity index (χ3n) is 3.77. The number of amides is 2. The molecule has 18 heavy (non-hydrogen) atoms. The SMILES string of the molecule is C[C@@H](N)C(C1CC1)N1C(=O)c2ccccc2C1=O. The highest BCUT2D eigenvalue weighted by Crippen LogP contribution is 2.39. The van der Waals surface area contributed by atoms with Crippen LogP contribution in [0.3, 0.4) is 0 Å². The van der Waals surface area contributed by atoms with E-state index < -0.39 is 0 Å². The van der Waals surface area contributed by atoms with Gasteiger partial charge in [0.15, 0.2) is 0 Å². The minimum atomic E-state index is -0.190. The van der Waals surface area contributed by atoms with Crippen LogP contribution in [0.5, 0.6) is 0 Å². The summed E-state index contributed by atoms with van der Waals surface area (Å²) in [6.07, 6.45) is 2.11. The van der Waals surface area contributed by atoms with Crippen LogP contribution in [0.1, 0.15) is 40.5 Å². The number of carbonyl (C=O) groups excluding carboxylic acids is 2. The summed E-state index contributed by atoms with van der Waals surface area (Å²) in [6.45, 7) is 1.87. The van der Waals surface area contributed by atoms with Crippen LogP contribution in [0.2, 0.25) is 0 Å². The summed E-state index contributed by atoms with van der Waals surface area (Å²) in [5.41, 5.74) is 6.99. The van der Waals surface area contributed by atoms with Crippen molar-refractivity contribution in [3.63, 3.8) is 0 Å². The van der Waals surface area contributed by atoms with E-state index in [-0.39, 0.29) is 23.9 Å². The molecule has 4 heteroatoms. The summed E-state index contributed by atoms with van der Waals surface area (Å²) in [7, 11) is 0. The first-order valence-corrected chi connectivity index (χ1v) is 6.33. The summed E-state index contributed by atoms with van der Waals surface area (Å²) in [5.74, 6) is 0.00168. The lowest BCUT2D eigenvalue weighted by Gasteiger charge is -2.29. The molecule has 0 bridgehead atoms. The number of hydrogen-bond acceptors (Lipinski definition) is 3. The Morgan fingerprint density at radius 2 is 1.67 bits per heavy atom. The number of rotatable bonds is 3. The Bertz CT molecular complexity index is 483. The first kappa shape index (κ1) is 11.4. The van der Waals surface area contributed by atoms with Gasteiger partial charge in [-0.2, -0.15) is 0 Å². The van der Waals surface area contributed by atoms with Crippen molar-refractivity contribution in [3.8, 4) is 0 Å². The number of nitrogens with zero attached hydrogens (tertiary/aromatic N) is 1.